The molecular formula is C21H26N4O2S. The number of aliphatic imine (C=N–C) groups is 1. The number of carbonyl (C=O) groups is 2. The number of hydrogen-bond donors (Lipinski definition) is 2. The Hall–Kier alpha value is -2.67. The molecule has 2 aromatic rings. The highest BCUT2D eigenvalue weighted by atomic mass is 32.1. The van der Waals surface area contributed by atoms with Gasteiger partial charge < -0.3 is 10.6 Å². The summed E-state index contributed by atoms with van der Waals surface area (Å²) in [4.78, 5) is 32.1. The third-order valence-corrected chi connectivity index (χ3v) is 5.44. The lowest BCUT2D eigenvalue weighted by molar-refractivity contribution is 0.0657. The number of fused-ring (bicyclic) bond motifs is 1. The third kappa shape index (κ3) is 4.78. The van der Waals surface area contributed by atoms with E-state index in [1.54, 1.807) is 35.6 Å². The van der Waals surface area contributed by atoms with Crippen molar-refractivity contribution in [3.8, 4) is 0 Å². The van der Waals surface area contributed by atoms with Gasteiger partial charge >= 0.3 is 0 Å². The predicted molar refractivity (Wildman–Crippen MR) is 113 cm³/mol. The van der Waals surface area contributed by atoms with Crippen LogP contribution in [0, 0.1) is 5.92 Å². The Kier molecular flexibility index (Phi) is 6.81. The lowest BCUT2D eigenvalue weighted by Crippen LogP contribution is -2.43. The number of benzene rings is 1. The monoisotopic (exact) mass is 398 g/mol. The molecular weight excluding hydrogens is 372 g/mol. The van der Waals surface area contributed by atoms with Crippen molar-refractivity contribution in [3.63, 3.8) is 0 Å². The molecule has 0 spiro atoms. The highest BCUT2D eigenvalue weighted by molar-refractivity contribution is 7.09. The minimum Gasteiger partial charge on any atom is -0.357 e. The Bertz CT molecular complexity index is 813. The molecule has 28 heavy (non-hydrogen) atoms. The van der Waals surface area contributed by atoms with Crippen LogP contribution >= 0.6 is 11.3 Å². The molecule has 0 fully saturated rings. The number of imide groups is 1. The van der Waals surface area contributed by atoms with Crippen LogP contribution in [0.15, 0.2) is 46.8 Å². The summed E-state index contributed by atoms with van der Waals surface area (Å²) in [5, 5.41) is 8.53. The van der Waals surface area contributed by atoms with Crippen molar-refractivity contribution < 1.29 is 9.59 Å². The van der Waals surface area contributed by atoms with Gasteiger partial charge in [0.05, 0.1) is 11.1 Å². The van der Waals surface area contributed by atoms with Crippen molar-refractivity contribution in [3.05, 3.63) is 57.8 Å². The van der Waals surface area contributed by atoms with E-state index >= 15 is 0 Å². The minimum absolute atomic E-state index is 0.228. The molecule has 2 N–H and O–H groups in total. The number of rotatable bonds is 8. The molecule has 7 heteroatoms. The van der Waals surface area contributed by atoms with Gasteiger partial charge in [-0.25, -0.2) is 0 Å². The van der Waals surface area contributed by atoms with Gasteiger partial charge in [-0.05, 0) is 42.8 Å². The van der Waals surface area contributed by atoms with Gasteiger partial charge in [-0.3, -0.25) is 19.5 Å². The standard InChI is InChI=1S/C21H26N4O2S/c1-3-22-21(24-14-15(2)13-16-7-6-12-28-16)23-10-11-25-19(26)17-8-4-5-9-18(17)20(25)27/h4-9,12,15H,3,10-11,13-14H2,1-2H3,(H2,22,23,24). The van der Waals surface area contributed by atoms with Gasteiger partial charge in [0.1, 0.15) is 0 Å². The van der Waals surface area contributed by atoms with Crippen LogP contribution in [0.3, 0.4) is 0 Å². The van der Waals surface area contributed by atoms with Gasteiger partial charge in [0.2, 0.25) is 0 Å². The van der Waals surface area contributed by atoms with Gasteiger partial charge in [0, 0.05) is 31.1 Å². The molecule has 1 atom stereocenters. The second kappa shape index (κ2) is 9.50. The normalized spacial score (nSPS) is 14.9. The number of carbonyl (C=O) groups excluding carboxylic acids is 2. The van der Waals surface area contributed by atoms with Crippen molar-refractivity contribution in [2.75, 3.05) is 26.2 Å². The van der Waals surface area contributed by atoms with Gasteiger partial charge in [-0.1, -0.05) is 25.1 Å². The zero-order chi connectivity index (χ0) is 19.9. The number of hydrogen-bond acceptors (Lipinski definition) is 4. The van der Waals surface area contributed by atoms with Crippen LogP contribution in [-0.2, 0) is 6.42 Å². The number of nitrogens with zero attached hydrogens (tertiary/aromatic N) is 2. The number of thiophene rings is 1. The van der Waals surface area contributed by atoms with E-state index in [9.17, 15) is 9.59 Å². The van der Waals surface area contributed by atoms with Crippen LogP contribution in [0.5, 0.6) is 0 Å². The first-order valence-corrected chi connectivity index (χ1v) is 10.5. The van der Waals surface area contributed by atoms with Crippen LogP contribution < -0.4 is 10.6 Å². The van der Waals surface area contributed by atoms with E-state index in [2.05, 4.69) is 40.1 Å². The molecule has 2 heterocycles. The first-order chi connectivity index (χ1) is 13.6. The van der Waals surface area contributed by atoms with Crippen molar-refractivity contribution in [2.24, 2.45) is 10.9 Å². The summed E-state index contributed by atoms with van der Waals surface area (Å²) >= 11 is 1.77. The molecule has 1 aromatic heterocycles. The van der Waals surface area contributed by atoms with E-state index in [0.29, 0.717) is 42.6 Å². The fourth-order valence-corrected chi connectivity index (χ4v) is 4.02. The van der Waals surface area contributed by atoms with Crippen molar-refractivity contribution in [1.29, 1.82) is 0 Å². The van der Waals surface area contributed by atoms with Gasteiger partial charge in [-0.15, -0.1) is 11.3 Å². The topological polar surface area (TPSA) is 73.8 Å². The van der Waals surface area contributed by atoms with E-state index in [1.807, 2.05) is 6.92 Å². The first kappa shape index (κ1) is 20.1. The molecule has 0 radical (unpaired) electrons. The molecule has 3 rings (SSSR count). The Morgan fingerprint density at radius 3 is 2.43 bits per heavy atom. The second-order valence-corrected chi connectivity index (χ2v) is 7.87. The molecule has 0 aliphatic carbocycles. The molecule has 6 nitrogen and oxygen atoms in total. The van der Waals surface area contributed by atoms with E-state index in [-0.39, 0.29) is 11.8 Å². The maximum absolute atomic E-state index is 12.4. The van der Waals surface area contributed by atoms with Gasteiger partial charge in [0.15, 0.2) is 5.96 Å². The molecule has 0 saturated carbocycles. The molecule has 1 aliphatic heterocycles. The van der Waals surface area contributed by atoms with E-state index < -0.39 is 0 Å². The SMILES string of the molecule is CCNC(=NCC(C)Cc1cccs1)NCCN1C(=O)c2ccccc2C1=O. The molecule has 148 valence electrons. The van der Waals surface area contributed by atoms with E-state index in [0.717, 1.165) is 13.0 Å². The average Bonchev–Trinajstić information content (AvgIpc) is 3.28. The van der Waals surface area contributed by atoms with Crippen molar-refractivity contribution in [2.45, 2.75) is 20.3 Å². The van der Waals surface area contributed by atoms with Crippen molar-refractivity contribution in [1.82, 2.24) is 15.5 Å². The largest absolute Gasteiger partial charge is 0.357 e. The molecule has 1 unspecified atom stereocenters. The maximum Gasteiger partial charge on any atom is 0.261 e. The quantitative estimate of drug-likeness (QED) is 0.407. The molecule has 2 amide bonds. The molecule has 0 saturated heterocycles. The summed E-state index contributed by atoms with van der Waals surface area (Å²) in [6.07, 6.45) is 1.01. The minimum atomic E-state index is -0.228. The van der Waals surface area contributed by atoms with Crippen LogP contribution in [0.4, 0.5) is 0 Å². The fourth-order valence-electron chi connectivity index (χ4n) is 3.15. The summed E-state index contributed by atoms with van der Waals surface area (Å²) in [7, 11) is 0. The highest BCUT2D eigenvalue weighted by Gasteiger charge is 2.34. The van der Waals surface area contributed by atoms with Crippen LogP contribution in [-0.4, -0.2) is 48.9 Å². The average molecular weight is 399 g/mol. The van der Waals surface area contributed by atoms with E-state index in [1.165, 1.54) is 9.78 Å². The van der Waals surface area contributed by atoms with Crippen molar-refractivity contribution >= 4 is 29.1 Å². The Balaban J connectivity index is 1.51. The number of nitrogens with one attached hydrogen (secondary N) is 2. The smallest absolute Gasteiger partial charge is 0.261 e. The maximum atomic E-state index is 12.4. The number of guanidine groups is 1. The summed E-state index contributed by atoms with van der Waals surface area (Å²) in [5.74, 6) is 0.685. The first-order valence-electron chi connectivity index (χ1n) is 9.60. The summed E-state index contributed by atoms with van der Waals surface area (Å²) in [6, 6.07) is 11.2. The summed E-state index contributed by atoms with van der Waals surface area (Å²) in [6.45, 7) is 6.42. The second-order valence-electron chi connectivity index (χ2n) is 6.84. The Labute approximate surface area is 169 Å². The van der Waals surface area contributed by atoms with Crippen LogP contribution in [0.1, 0.15) is 39.4 Å². The lowest BCUT2D eigenvalue weighted by Gasteiger charge is -2.17. The third-order valence-electron chi connectivity index (χ3n) is 4.54. The Morgan fingerprint density at radius 1 is 1.11 bits per heavy atom. The highest BCUT2D eigenvalue weighted by Crippen LogP contribution is 2.21. The van der Waals surface area contributed by atoms with Crippen LogP contribution in [0.2, 0.25) is 0 Å². The lowest BCUT2D eigenvalue weighted by atomic mass is 10.1. The van der Waals surface area contributed by atoms with E-state index in [4.69, 9.17) is 0 Å². The molecule has 1 aromatic carbocycles. The molecule has 1 aliphatic rings. The Morgan fingerprint density at radius 2 is 1.82 bits per heavy atom. The zero-order valence-electron chi connectivity index (χ0n) is 16.3. The predicted octanol–water partition coefficient (Wildman–Crippen LogP) is 2.78. The van der Waals surface area contributed by atoms with Gasteiger partial charge in [0.25, 0.3) is 11.8 Å². The van der Waals surface area contributed by atoms with Gasteiger partial charge in [-0.2, -0.15) is 0 Å². The summed E-state index contributed by atoms with van der Waals surface area (Å²) in [5.41, 5.74) is 0.964. The molecule has 0 bridgehead atoms. The number of amides is 2. The summed E-state index contributed by atoms with van der Waals surface area (Å²) < 4.78 is 0. The fraction of sp³-hybridized carbons (Fsp3) is 0.381. The van der Waals surface area contributed by atoms with Crippen LogP contribution in [0.25, 0.3) is 0 Å². The zero-order valence-corrected chi connectivity index (χ0v) is 17.1.